The van der Waals surface area contributed by atoms with Gasteiger partial charge in [-0.15, -0.1) is 0 Å². The van der Waals surface area contributed by atoms with E-state index in [0.717, 1.165) is 29.4 Å². The fourth-order valence-electron chi connectivity index (χ4n) is 4.09. The molecule has 34 heavy (non-hydrogen) atoms. The molecule has 3 aromatic rings. The first-order chi connectivity index (χ1) is 16.5. The van der Waals surface area contributed by atoms with Crippen LogP contribution in [0.25, 0.3) is 10.8 Å². The molecule has 1 aliphatic heterocycles. The number of phenolic OH excluding ortho intramolecular Hbond substituents is 1. The summed E-state index contributed by atoms with van der Waals surface area (Å²) in [4.78, 5) is 14.6. The second-order valence-electron chi connectivity index (χ2n) is 8.39. The maximum absolute atomic E-state index is 12.3. The Balaban J connectivity index is 1.41. The van der Waals surface area contributed by atoms with Crippen LogP contribution in [0, 0.1) is 0 Å². The van der Waals surface area contributed by atoms with Gasteiger partial charge < -0.3 is 19.8 Å². The van der Waals surface area contributed by atoms with Crippen LogP contribution in [0.4, 0.5) is 0 Å². The van der Waals surface area contributed by atoms with E-state index in [2.05, 4.69) is 15.4 Å². The molecule has 1 saturated heterocycles. The fraction of sp³-hybridized carbons (Fsp3) is 0.308. The van der Waals surface area contributed by atoms with Gasteiger partial charge in [0, 0.05) is 23.1 Å². The Morgan fingerprint density at radius 1 is 1.12 bits per heavy atom. The van der Waals surface area contributed by atoms with Crippen molar-refractivity contribution < 1.29 is 19.7 Å². The number of halogens is 1. The highest BCUT2D eigenvalue weighted by molar-refractivity contribution is 6.32. The fourth-order valence-corrected chi connectivity index (χ4v) is 4.27. The third kappa shape index (κ3) is 6.05. The Kier molecular flexibility index (Phi) is 8.00. The number of benzene rings is 3. The Labute approximate surface area is 203 Å². The van der Waals surface area contributed by atoms with Crippen molar-refractivity contribution in [2.75, 3.05) is 26.2 Å². The molecule has 0 spiro atoms. The molecule has 1 amide bonds. The predicted molar refractivity (Wildman–Crippen MR) is 134 cm³/mol. The first-order valence-corrected chi connectivity index (χ1v) is 11.8. The summed E-state index contributed by atoms with van der Waals surface area (Å²) in [6.07, 6.45) is 4.65. The van der Waals surface area contributed by atoms with Gasteiger partial charge >= 0.3 is 0 Å². The zero-order chi connectivity index (χ0) is 23.9. The minimum absolute atomic E-state index is 0.0884. The van der Waals surface area contributed by atoms with Crippen LogP contribution in [0.5, 0.6) is 11.5 Å². The number of likely N-dealkylation sites (tertiary alicyclic amines) is 1. The van der Waals surface area contributed by atoms with Crippen LogP contribution in [0.3, 0.4) is 0 Å². The van der Waals surface area contributed by atoms with Crippen molar-refractivity contribution in [2.24, 2.45) is 5.10 Å². The lowest BCUT2D eigenvalue weighted by Gasteiger charge is -2.28. The topological polar surface area (TPSA) is 94.4 Å². The SMILES string of the molecule is O=C(N/N=C/c1ccc(OCC(O)CN2CCCCC2)c2ccccc12)c1ccc(O)c(Cl)c1. The second kappa shape index (κ2) is 11.3. The molecule has 178 valence electrons. The van der Waals surface area contributed by atoms with Gasteiger partial charge in [0.05, 0.1) is 11.2 Å². The Bertz CT molecular complexity index is 1180. The van der Waals surface area contributed by atoms with Gasteiger partial charge in [0.2, 0.25) is 0 Å². The van der Waals surface area contributed by atoms with E-state index < -0.39 is 12.0 Å². The summed E-state index contributed by atoms with van der Waals surface area (Å²) in [6, 6.07) is 15.7. The molecule has 0 aromatic heterocycles. The Morgan fingerprint density at radius 2 is 1.88 bits per heavy atom. The summed E-state index contributed by atoms with van der Waals surface area (Å²) in [6.45, 7) is 2.91. The van der Waals surface area contributed by atoms with Crippen LogP contribution in [0.15, 0.2) is 59.7 Å². The number of aliphatic hydroxyl groups excluding tert-OH is 1. The lowest BCUT2D eigenvalue weighted by atomic mass is 10.0. The summed E-state index contributed by atoms with van der Waals surface area (Å²) in [5.41, 5.74) is 3.57. The number of rotatable bonds is 8. The first-order valence-electron chi connectivity index (χ1n) is 11.4. The summed E-state index contributed by atoms with van der Waals surface area (Å²) in [5.74, 6) is 0.160. The van der Waals surface area contributed by atoms with Gasteiger partial charge in [-0.3, -0.25) is 4.79 Å². The number of hydrogen-bond acceptors (Lipinski definition) is 6. The number of carbonyl (C=O) groups excluding carboxylic acids is 1. The molecule has 1 aliphatic rings. The van der Waals surface area contributed by atoms with Crippen LogP contribution >= 0.6 is 11.6 Å². The zero-order valence-electron chi connectivity index (χ0n) is 18.8. The summed E-state index contributed by atoms with van der Waals surface area (Å²) < 4.78 is 5.98. The molecule has 4 rings (SSSR count). The normalized spacial score (nSPS) is 15.5. The van der Waals surface area contributed by atoms with Gasteiger partial charge in [-0.1, -0.05) is 42.3 Å². The largest absolute Gasteiger partial charge is 0.506 e. The number of carbonyl (C=O) groups is 1. The molecule has 0 aliphatic carbocycles. The number of hydrogen-bond donors (Lipinski definition) is 3. The molecule has 1 fully saturated rings. The molecule has 3 N–H and O–H groups in total. The van der Waals surface area contributed by atoms with E-state index in [1.54, 1.807) is 6.21 Å². The highest BCUT2D eigenvalue weighted by atomic mass is 35.5. The van der Waals surface area contributed by atoms with Crippen molar-refractivity contribution in [3.8, 4) is 11.5 Å². The molecule has 8 heteroatoms. The number of phenols is 1. The van der Waals surface area contributed by atoms with Crippen molar-refractivity contribution in [2.45, 2.75) is 25.4 Å². The van der Waals surface area contributed by atoms with Crippen LogP contribution in [0.1, 0.15) is 35.2 Å². The highest BCUT2D eigenvalue weighted by Crippen LogP contribution is 2.28. The van der Waals surface area contributed by atoms with Gasteiger partial charge in [-0.05, 0) is 61.6 Å². The molecule has 1 unspecified atom stereocenters. The second-order valence-corrected chi connectivity index (χ2v) is 8.80. The zero-order valence-corrected chi connectivity index (χ0v) is 19.5. The van der Waals surface area contributed by atoms with Gasteiger partial charge in [0.25, 0.3) is 5.91 Å². The van der Waals surface area contributed by atoms with E-state index in [1.807, 2.05) is 36.4 Å². The Morgan fingerprint density at radius 3 is 2.65 bits per heavy atom. The number of aromatic hydroxyl groups is 1. The molecule has 3 aromatic carbocycles. The first kappa shape index (κ1) is 24.0. The molecular formula is C26H28ClN3O4. The number of ether oxygens (including phenoxy) is 1. The van der Waals surface area contributed by atoms with Crippen molar-refractivity contribution >= 4 is 34.5 Å². The third-order valence-corrected chi connectivity index (χ3v) is 6.15. The standard InChI is InChI=1S/C26H28ClN3O4/c27-23-14-18(8-10-24(23)32)26(33)29-28-15-19-9-11-25(22-7-3-2-6-21(19)22)34-17-20(31)16-30-12-4-1-5-13-30/h2-3,6-11,14-15,20,31-32H,1,4-5,12-13,16-17H2,(H,29,33)/b28-15+. The lowest BCUT2D eigenvalue weighted by molar-refractivity contribution is 0.0622. The smallest absolute Gasteiger partial charge is 0.271 e. The third-order valence-electron chi connectivity index (χ3n) is 5.85. The van der Waals surface area contributed by atoms with Crippen LogP contribution < -0.4 is 10.2 Å². The van der Waals surface area contributed by atoms with Crippen LogP contribution in [0.2, 0.25) is 5.02 Å². The number of β-amino-alcohol motifs (C(OH)–C–C–N with tert-alkyl or cyclic N) is 1. The van der Waals surface area contributed by atoms with Crippen LogP contribution in [-0.2, 0) is 0 Å². The number of fused-ring (bicyclic) bond motifs is 1. The maximum Gasteiger partial charge on any atom is 0.271 e. The number of amides is 1. The maximum atomic E-state index is 12.3. The summed E-state index contributed by atoms with van der Waals surface area (Å²) in [7, 11) is 0. The number of nitrogens with zero attached hydrogens (tertiary/aromatic N) is 2. The van der Waals surface area contributed by atoms with E-state index >= 15 is 0 Å². The molecule has 7 nitrogen and oxygen atoms in total. The highest BCUT2D eigenvalue weighted by Gasteiger charge is 2.16. The molecule has 0 bridgehead atoms. The molecule has 0 saturated carbocycles. The minimum atomic E-state index is -0.554. The van der Waals surface area contributed by atoms with E-state index in [0.29, 0.717) is 12.3 Å². The number of nitrogens with one attached hydrogen (secondary N) is 1. The summed E-state index contributed by atoms with van der Waals surface area (Å²) in [5, 5.41) is 25.9. The van der Waals surface area contributed by atoms with E-state index in [9.17, 15) is 15.0 Å². The van der Waals surface area contributed by atoms with Gasteiger partial charge in [-0.25, -0.2) is 5.43 Å². The monoisotopic (exact) mass is 481 g/mol. The lowest BCUT2D eigenvalue weighted by Crippen LogP contribution is -2.38. The summed E-state index contributed by atoms with van der Waals surface area (Å²) >= 11 is 5.86. The molecule has 0 radical (unpaired) electrons. The number of hydrazone groups is 1. The average Bonchev–Trinajstić information content (AvgIpc) is 2.85. The van der Waals surface area contributed by atoms with E-state index in [1.165, 1.54) is 37.5 Å². The van der Waals surface area contributed by atoms with Crippen molar-refractivity contribution in [3.63, 3.8) is 0 Å². The predicted octanol–water partition coefficient (Wildman–Crippen LogP) is 4.19. The van der Waals surface area contributed by atoms with E-state index in [4.69, 9.17) is 16.3 Å². The molecular weight excluding hydrogens is 454 g/mol. The minimum Gasteiger partial charge on any atom is -0.506 e. The van der Waals surface area contributed by atoms with Crippen molar-refractivity contribution in [1.82, 2.24) is 10.3 Å². The van der Waals surface area contributed by atoms with Gasteiger partial charge in [-0.2, -0.15) is 5.10 Å². The van der Waals surface area contributed by atoms with Crippen molar-refractivity contribution in [1.29, 1.82) is 0 Å². The van der Waals surface area contributed by atoms with Crippen LogP contribution in [-0.4, -0.2) is 59.6 Å². The number of aliphatic hydroxyl groups is 1. The van der Waals surface area contributed by atoms with Gasteiger partial charge in [0.1, 0.15) is 24.2 Å². The quantitative estimate of drug-likeness (QED) is 0.331. The average molecular weight is 482 g/mol. The Hall–Kier alpha value is -3.13. The molecule has 1 atom stereocenters. The van der Waals surface area contributed by atoms with Gasteiger partial charge in [0.15, 0.2) is 0 Å². The van der Waals surface area contributed by atoms with Crippen molar-refractivity contribution in [3.05, 3.63) is 70.7 Å². The van der Waals surface area contributed by atoms with E-state index in [-0.39, 0.29) is 22.9 Å². The molecule has 1 heterocycles. The number of piperidine rings is 1.